The molecule has 0 saturated carbocycles. The number of hydrogen-bond donors (Lipinski definition) is 1. The third-order valence-corrected chi connectivity index (χ3v) is 3.42. The van der Waals surface area contributed by atoms with Crippen molar-refractivity contribution in [1.82, 2.24) is 9.97 Å². The summed E-state index contributed by atoms with van der Waals surface area (Å²) in [4.78, 5) is 19.6. The van der Waals surface area contributed by atoms with Crippen molar-refractivity contribution in [3.63, 3.8) is 0 Å². The Morgan fingerprint density at radius 3 is 2.40 bits per heavy atom. The molecular weight excluding hydrogens is 252 g/mol. The van der Waals surface area contributed by atoms with Crippen LogP contribution in [0.4, 0.5) is 0 Å². The summed E-state index contributed by atoms with van der Waals surface area (Å²) < 4.78 is 0. The molecule has 0 bridgehead atoms. The molecule has 104 valence electrons. The van der Waals surface area contributed by atoms with E-state index in [-0.39, 0.29) is 6.42 Å². The van der Waals surface area contributed by atoms with Crippen LogP contribution in [0.5, 0.6) is 0 Å². The van der Waals surface area contributed by atoms with Crippen molar-refractivity contribution in [1.29, 1.82) is 0 Å². The molecule has 0 amide bonds. The molecule has 1 N–H and O–H groups in total. The van der Waals surface area contributed by atoms with Crippen molar-refractivity contribution in [3.8, 4) is 11.3 Å². The van der Waals surface area contributed by atoms with E-state index in [0.29, 0.717) is 11.4 Å². The molecule has 0 spiro atoms. The predicted molar refractivity (Wildman–Crippen MR) is 77.8 cm³/mol. The van der Waals surface area contributed by atoms with Crippen LogP contribution >= 0.6 is 0 Å². The van der Waals surface area contributed by atoms with Crippen LogP contribution in [0.1, 0.15) is 28.1 Å². The van der Waals surface area contributed by atoms with Gasteiger partial charge in [-0.2, -0.15) is 0 Å². The first kappa shape index (κ1) is 14.2. The zero-order valence-corrected chi connectivity index (χ0v) is 12.2. The molecule has 4 nitrogen and oxygen atoms in total. The fraction of sp³-hybridized carbons (Fsp3) is 0.312. The Balaban J connectivity index is 2.64. The molecule has 0 atom stereocenters. The van der Waals surface area contributed by atoms with Gasteiger partial charge >= 0.3 is 5.97 Å². The standard InChI is InChI=1S/C16H18N2O2/c1-9-5-11(3)14(6-10(9)2)16-13(7-15(19)20)8-17-12(4)18-16/h5-6,8H,7H2,1-4H3,(H,19,20). The maximum absolute atomic E-state index is 11.0. The van der Waals surface area contributed by atoms with E-state index < -0.39 is 5.97 Å². The molecule has 4 heteroatoms. The molecule has 0 radical (unpaired) electrons. The van der Waals surface area contributed by atoms with Crippen molar-refractivity contribution in [2.24, 2.45) is 0 Å². The fourth-order valence-electron chi connectivity index (χ4n) is 2.24. The van der Waals surface area contributed by atoms with E-state index in [0.717, 1.165) is 16.8 Å². The van der Waals surface area contributed by atoms with E-state index in [2.05, 4.69) is 29.0 Å². The van der Waals surface area contributed by atoms with Crippen LogP contribution in [0.25, 0.3) is 11.3 Å². The summed E-state index contributed by atoms with van der Waals surface area (Å²) in [6, 6.07) is 4.17. The van der Waals surface area contributed by atoms with Crippen LogP contribution in [0.3, 0.4) is 0 Å². The van der Waals surface area contributed by atoms with E-state index in [1.54, 1.807) is 6.20 Å². The normalized spacial score (nSPS) is 10.6. The van der Waals surface area contributed by atoms with Gasteiger partial charge in [0, 0.05) is 17.3 Å². The van der Waals surface area contributed by atoms with Crippen LogP contribution in [0, 0.1) is 27.7 Å². The summed E-state index contributed by atoms with van der Waals surface area (Å²) in [5, 5.41) is 9.02. The summed E-state index contributed by atoms with van der Waals surface area (Å²) in [6.07, 6.45) is 1.54. The molecule has 20 heavy (non-hydrogen) atoms. The highest BCUT2D eigenvalue weighted by molar-refractivity contribution is 5.76. The fourth-order valence-corrected chi connectivity index (χ4v) is 2.24. The maximum atomic E-state index is 11.0. The molecule has 0 saturated heterocycles. The monoisotopic (exact) mass is 270 g/mol. The number of aliphatic carboxylic acids is 1. The van der Waals surface area contributed by atoms with Gasteiger partial charge in [-0.05, 0) is 50.5 Å². The van der Waals surface area contributed by atoms with Crippen molar-refractivity contribution >= 4 is 5.97 Å². The first-order chi connectivity index (χ1) is 9.38. The number of hydrogen-bond acceptors (Lipinski definition) is 3. The van der Waals surface area contributed by atoms with Gasteiger partial charge in [-0.25, -0.2) is 9.97 Å². The molecule has 2 rings (SSSR count). The van der Waals surface area contributed by atoms with Crippen molar-refractivity contribution in [2.75, 3.05) is 0 Å². The van der Waals surface area contributed by atoms with Gasteiger partial charge in [-0.15, -0.1) is 0 Å². The van der Waals surface area contributed by atoms with Crippen molar-refractivity contribution < 1.29 is 9.90 Å². The minimum atomic E-state index is -0.875. The van der Waals surface area contributed by atoms with Gasteiger partial charge in [-0.3, -0.25) is 4.79 Å². The molecule has 1 aromatic heterocycles. The van der Waals surface area contributed by atoms with Gasteiger partial charge < -0.3 is 5.11 Å². The van der Waals surface area contributed by atoms with Crippen LogP contribution in [0.15, 0.2) is 18.3 Å². The maximum Gasteiger partial charge on any atom is 0.307 e. The molecule has 0 unspecified atom stereocenters. The summed E-state index contributed by atoms with van der Waals surface area (Å²) >= 11 is 0. The quantitative estimate of drug-likeness (QED) is 0.931. The van der Waals surface area contributed by atoms with E-state index in [9.17, 15) is 4.79 Å². The molecule has 0 aliphatic heterocycles. The van der Waals surface area contributed by atoms with Crippen molar-refractivity contribution in [3.05, 3.63) is 46.4 Å². The lowest BCUT2D eigenvalue weighted by Crippen LogP contribution is -2.06. The molecule has 0 fully saturated rings. The highest BCUT2D eigenvalue weighted by atomic mass is 16.4. The van der Waals surface area contributed by atoms with Crippen LogP contribution < -0.4 is 0 Å². The van der Waals surface area contributed by atoms with Crippen LogP contribution in [-0.2, 0) is 11.2 Å². The minimum absolute atomic E-state index is 0.0675. The smallest absolute Gasteiger partial charge is 0.307 e. The van der Waals surface area contributed by atoms with Gasteiger partial charge in [0.05, 0.1) is 12.1 Å². The van der Waals surface area contributed by atoms with Gasteiger partial charge in [0.15, 0.2) is 0 Å². The average Bonchev–Trinajstić information content (AvgIpc) is 2.35. The summed E-state index contributed by atoms with van der Waals surface area (Å²) in [5.74, 6) is -0.230. The number of benzene rings is 1. The van der Waals surface area contributed by atoms with Crippen LogP contribution in [0.2, 0.25) is 0 Å². The molecular formula is C16H18N2O2. The number of carboxylic acid groups (broad SMARTS) is 1. The lowest BCUT2D eigenvalue weighted by molar-refractivity contribution is -0.136. The second-order valence-corrected chi connectivity index (χ2v) is 5.11. The van der Waals surface area contributed by atoms with Gasteiger partial charge in [0.2, 0.25) is 0 Å². The first-order valence-corrected chi connectivity index (χ1v) is 6.51. The Bertz CT molecular complexity index is 678. The second-order valence-electron chi connectivity index (χ2n) is 5.11. The third kappa shape index (κ3) is 2.85. The summed E-state index contributed by atoms with van der Waals surface area (Å²) in [6.45, 7) is 7.94. The Morgan fingerprint density at radius 1 is 1.10 bits per heavy atom. The summed E-state index contributed by atoms with van der Waals surface area (Å²) in [7, 11) is 0. The Hall–Kier alpha value is -2.23. The van der Waals surface area contributed by atoms with Crippen molar-refractivity contribution in [2.45, 2.75) is 34.1 Å². The molecule has 0 aliphatic carbocycles. The Morgan fingerprint density at radius 2 is 1.75 bits per heavy atom. The number of nitrogens with zero attached hydrogens (tertiary/aromatic N) is 2. The van der Waals surface area contributed by atoms with Gasteiger partial charge in [0.25, 0.3) is 0 Å². The Labute approximate surface area is 118 Å². The first-order valence-electron chi connectivity index (χ1n) is 6.51. The van der Waals surface area contributed by atoms with Gasteiger partial charge in [0.1, 0.15) is 5.82 Å². The lowest BCUT2D eigenvalue weighted by Gasteiger charge is -2.13. The topological polar surface area (TPSA) is 63.1 Å². The minimum Gasteiger partial charge on any atom is -0.481 e. The molecule has 0 aliphatic rings. The predicted octanol–water partition coefficient (Wildman–Crippen LogP) is 3.00. The lowest BCUT2D eigenvalue weighted by atomic mass is 9.96. The summed E-state index contributed by atoms with van der Waals surface area (Å²) in [5.41, 5.74) is 5.84. The number of aryl methyl sites for hydroxylation is 4. The molecule has 2 aromatic rings. The average molecular weight is 270 g/mol. The number of carboxylic acids is 1. The highest BCUT2D eigenvalue weighted by Crippen LogP contribution is 2.27. The zero-order valence-electron chi connectivity index (χ0n) is 12.2. The van der Waals surface area contributed by atoms with Gasteiger partial charge in [-0.1, -0.05) is 6.07 Å². The SMILES string of the molecule is Cc1ncc(CC(=O)O)c(-c2cc(C)c(C)cc2C)n1. The van der Waals surface area contributed by atoms with E-state index in [1.165, 1.54) is 11.1 Å². The third-order valence-electron chi connectivity index (χ3n) is 3.42. The second kappa shape index (κ2) is 5.41. The molecule has 1 heterocycles. The number of aromatic nitrogens is 2. The Kier molecular flexibility index (Phi) is 3.84. The highest BCUT2D eigenvalue weighted by Gasteiger charge is 2.14. The largest absolute Gasteiger partial charge is 0.481 e. The van der Waals surface area contributed by atoms with E-state index >= 15 is 0 Å². The van der Waals surface area contributed by atoms with E-state index in [4.69, 9.17) is 5.11 Å². The van der Waals surface area contributed by atoms with E-state index in [1.807, 2.05) is 20.8 Å². The number of carbonyl (C=O) groups is 1. The zero-order chi connectivity index (χ0) is 14.9. The molecule has 1 aromatic carbocycles. The number of rotatable bonds is 3. The van der Waals surface area contributed by atoms with Crippen LogP contribution in [-0.4, -0.2) is 21.0 Å².